The highest BCUT2D eigenvalue weighted by molar-refractivity contribution is 6.32. The first-order chi connectivity index (χ1) is 14.4. The number of aromatic nitrogens is 3. The standard InChI is InChI=1S/C23H24ClN5O/c1-4-17-21(16-11-27-29(3)12-16)22(17)23(30)28-20-9-14-7-18(13(2)5-6-25)19(24)8-15(14)10-26-20/h7-13,17,21-22H,4-5H2,1-3H3,(H,26,28,30)/t13-,17-,21-,22-/m1/s1. The second-order valence-corrected chi connectivity index (χ2v) is 8.52. The molecule has 4 rings (SSSR count). The third kappa shape index (κ3) is 3.78. The van der Waals surface area contributed by atoms with Crippen LogP contribution in [0.15, 0.2) is 36.8 Å². The highest BCUT2D eigenvalue weighted by Gasteiger charge is 2.54. The number of aryl methyl sites for hydroxylation is 1. The summed E-state index contributed by atoms with van der Waals surface area (Å²) in [4.78, 5) is 17.4. The van der Waals surface area contributed by atoms with E-state index in [4.69, 9.17) is 16.9 Å². The number of rotatable bonds is 6. The van der Waals surface area contributed by atoms with E-state index in [0.717, 1.165) is 28.3 Å². The van der Waals surface area contributed by atoms with Crippen molar-refractivity contribution in [3.63, 3.8) is 0 Å². The second-order valence-electron chi connectivity index (χ2n) is 8.11. The van der Waals surface area contributed by atoms with Crippen LogP contribution < -0.4 is 5.32 Å². The van der Waals surface area contributed by atoms with Gasteiger partial charge in [-0.1, -0.05) is 31.9 Å². The minimum Gasteiger partial charge on any atom is -0.310 e. The van der Waals surface area contributed by atoms with Crippen LogP contribution in [0, 0.1) is 23.2 Å². The maximum Gasteiger partial charge on any atom is 0.229 e. The molecule has 0 bridgehead atoms. The number of nitriles is 1. The highest BCUT2D eigenvalue weighted by atomic mass is 35.5. The van der Waals surface area contributed by atoms with E-state index in [1.54, 1.807) is 10.9 Å². The van der Waals surface area contributed by atoms with Crippen molar-refractivity contribution in [3.8, 4) is 6.07 Å². The number of carbonyl (C=O) groups excluding carboxylic acids is 1. The lowest BCUT2D eigenvalue weighted by atomic mass is 9.96. The Morgan fingerprint density at radius 2 is 2.13 bits per heavy atom. The lowest BCUT2D eigenvalue weighted by Crippen LogP contribution is -2.16. The number of nitrogens with one attached hydrogen (secondary N) is 1. The van der Waals surface area contributed by atoms with Crippen molar-refractivity contribution in [2.24, 2.45) is 18.9 Å². The molecule has 1 aromatic carbocycles. The first-order valence-electron chi connectivity index (χ1n) is 10.2. The summed E-state index contributed by atoms with van der Waals surface area (Å²) in [5.41, 5.74) is 2.04. The van der Waals surface area contributed by atoms with Crippen LogP contribution in [-0.2, 0) is 11.8 Å². The molecule has 1 aliphatic rings. The first kappa shape index (κ1) is 20.4. The summed E-state index contributed by atoms with van der Waals surface area (Å²) in [5.74, 6) is 1.03. The summed E-state index contributed by atoms with van der Waals surface area (Å²) in [6.45, 7) is 4.10. The summed E-state index contributed by atoms with van der Waals surface area (Å²) in [7, 11) is 1.89. The van der Waals surface area contributed by atoms with Gasteiger partial charge in [-0.15, -0.1) is 0 Å². The Labute approximate surface area is 180 Å². The lowest BCUT2D eigenvalue weighted by molar-refractivity contribution is -0.117. The van der Waals surface area contributed by atoms with Crippen molar-refractivity contribution in [2.75, 3.05) is 5.32 Å². The minimum absolute atomic E-state index is 0.00501. The van der Waals surface area contributed by atoms with Crippen molar-refractivity contribution in [1.82, 2.24) is 14.8 Å². The predicted molar refractivity (Wildman–Crippen MR) is 117 cm³/mol. The summed E-state index contributed by atoms with van der Waals surface area (Å²) in [5, 5.41) is 18.7. The maximum atomic E-state index is 12.9. The molecule has 1 saturated carbocycles. The molecule has 3 aromatic rings. The van der Waals surface area contributed by atoms with Gasteiger partial charge in [0.25, 0.3) is 0 Å². The van der Waals surface area contributed by atoms with Gasteiger partial charge in [0.05, 0.1) is 12.3 Å². The quantitative estimate of drug-likeness (QED) is 0.605. The van der Waals surface area contributed by atoms with Crippen molar-refractivity contribution in [3.05, 3.63) is 52.9 Å². The summed E-state index contributed by atoms with van der Waals surface area (Å²) < 4.78 is 1.77. The molecular weight excluding hydrogens is 398 g/mol. The van der Waals surface area contributed by atoms with E-state index >= 15 is 0 Å². The van der Waals surface area contributed by atoms with E-state index in [1.165, 1.54) is 0 Å². The number of halogens is 1. The zero-order valence-electron chi connectivity index (χ0n) is 17.3. The molecule has 4 atom stereocenters. The third-order valence-electron chi connectivity index (χ3n) is 6.07. The maximum absolute atomic E-state index is 12.9. The van der Waals surface area contributed by atoms with Gasteiger partial charge in [0, 0.05) is 48.1 Å². The molecule has 2 aromatic heterocycles. The molecule has 7 heteroatoms. The van der Waals surface area contributed by atoms with E-state index in [9.17, 15) is 4.79 Å². The lowest BCUT2D eigenvalue weighted by Gasteiger charge is -2.12. The Hall–Kier alpha value is -2.91. The van der Waals surface area contributed by atoms with Crippen LogP contribution in [0.25, 0.3) is 10.8 Å². The van der Waals surface area contributed by atoms with Crippen LogP contribution in [0.2, 0.25) is 5.02 Å². The SMILES string of the molecule is CC[C@H]1[C@@H](C(=O)Nc2cc3cc([C@H](C)CC#N)c(Cl)cc3cn2)[C@@H]1c1cnn(C)c1. The molecule has 0 spiro atoms. The number of anilines is 1. The van der Waals surface area contributed by atoms with E-state index in [2.05, 4.69) is 28.4 Å². The van der Waals surface area contributed by atoms with E-state index in [-0.39, 0.29) is 23.7 Å². The summed E-state index contributed by atoms with van der Waals surface area (Å²) >= 11 is 6.40. The molecule has 1 fully saturated rings. The van der Waals surface area contributed by atoms with Crippen LogP contribution in [0.1, 0.15) is 49.7 Å². The molecule has 6 nitrogen and oxygen atoms in total. The molecule has 1 N–H and O–H groups in total. The molecule has 154 valence electrons. The molecule has 0 saturated heterocycles. The number of nitrogens with zero attached hydrogens (tertiary/aromatic N) is 4. The fraction of sp³-hybridized carbons (Fsp3) is 0.391. The number of carbonyl (C=O) groups is 1. The molecular formula is C23H24ClN5O. The Balaban J connectivity index is 1.55. The van der Waals surface area contributed by atoms with Crippen LogP contribution in [-0.4, -0.2) is 20.7 Å². The Kier molecular flexibility index (Phi) is 5.48. The van der Waals surface area contributed by atoms with Crippen LogP contribution in [0.3, 0.4) is 0 Å². The monoisotopic (exact) mass is 421 g/mol. The zero-order chi connectivity index (χ0) is 21.4. The molecule has 2 heterocycles. The zero-order valence-corrected chi connectivity index (χ0v) is 18.0. The average molecular weight is 422 g/mol. The predicted octanol–water partition coefficient (Wildman–Crippen LogP) is 5.02. The second kappa shape index (κ2) is 8.08. The minimum atomic E-state index is -0.0619. The van der Waals surface area contributed by atoms with Crippen molar-refractivity contribution >= 4 is 34.1 Å². The molecule has 1 aliphatic carbocycles. The largest absolute Gasteiger partial charge is 0.310 e. The van der Waals surface area contributed by atoms with Gasteiger partial charge in [0.15, 0.2) is 0 Å². The Morgan fingerprint density at radius 3 is 2.80 bits per heavy atom. The number of hydrogen-bond acceptors (Lipinski definition) is 4. The van der Waals surface area contributed by atoms with Crippen LogP contribution in [0.5, 0.6) is 0 Å². The Morgan fingerprint density at radius 1 is 1.33 bits per heavy atom. The van der Waals surface area contributed by atoms with Crippen LogP contribution >= 0.6 is 11.6 Å². The van der Waals surface area contributed by atoms with E-state index < -0.39 is 0 Å². The van der Waals surface area contributed by atoms with E-state index in [0.29, 0.717) is 23.2 Å². The molecule has 1 amide bonds. The molecule has 0 aliphatic heterocycles. The number of fused-ring (bicyclic) bond motifs is 1. The fourth-order valence-electron chi connectivity index (χ4n) is 4.39. The fourth-order valence-corrected chi connectivity index (χ4v) is 4.75. The van der Waals surface area contributed by atoms with Gasteiger partial charge in [-0.05, 0) is 46.5 Å². The number of benzene rings is 1. The number of pyridine rings is 1. The van der Waals surface area contributed by atoms with Gasteiger partial charge in [-0.3, -0.25) is 9.48 Å². The summed E-state index contributed by atoms with van der Waals surface area (Å²) in [6.07, 6.45) is 6.90. The Bertz CT molecular complexity index is 1150. The van der Waals surface area contributed by atoms with E-state index in [1.807, 2.05) is 44.6 Å². The van der Waals surface area contributed by atoms with Crippen molar-refractivity contribution in [2.45, 2.75) is 38.5 Å². The molecule has 30 heavy (non-hydrogen) atoms. The average Bonchev–Trinajstić information content (AvgIpc) is 3.31. The smallest absolute Gasteiger partial charge is 0.229 e. The number of amides is 1. The van der Waals surface area contributed by atoms with Crippen LogP contribution in [0.4, 0.5) is 5.82 Å². The topological polar surface area (TPSA) is 83.6 Å². The molecule has 0 unspecified atom stereocenters. The first-order valence-corrected chi connectivity index (χ1v) is 10.6. The summed E-state index contributed by atoms with van der Waals surface area (Å²) in [6, 6.07) is 7.92. The van der Waals surface area contributed by atoms with Gasteiger partial charge in [0.2, 0.25) is 5.91 Å². The highest BCUT2D eigenvalue weighted by Crippen LogP contribution is 2.56. The van der Waals surface area contributed by atoms with Gasteiger partial charge in [-0.25, -0.2) is 4.98 Å². The normalized spacial score (nSPS) is 21.2. The van der Waals surface area contributed by atoms with Crippen molar-refractivity contribution < 1.29 is 4.79 Å². The van der Waals surface area contributed by atoms with Gasteiger partial charge >= 0.3 is 0 Å². The van der Waals surface area contributed by atoms with Gasteiger partial charge in [0.1, 0.15) is 5.82 Å². The third-order valence-corrected chi connectivity index (χ3v) is 6.40. The van der Waals surface area contributed by atoms with Crippen molar-refractivity contribution in [1.29, 1.82) is 5.26 Å². The number of hydrogen-bond donors (Lipinski definition) is 1. The van der Waals surface area contributed by atoms with Gasteiger partial charge in [-0.2, -0.15) is 10.4 Å². The van der Waals surface area contributed by atoms with Gasteiger partial charge < -0.3 is 5.32 Å². The molecule has 0 radical (unpaired) electrons.